The fourth-order valence-electron chi connectivity index (χ4n) is 1.55. The Bertz CT molecular complexity index is 519. The number of pyridine rings is 1. The summed E-state index contributed by atoms with van der Waals surface area (Å²) in [6.45, 7) is 4.47. The third-order valence-corrected chi connectivity index (χ3v) is 3.61. The second-order valence-electron chi connectivity index (χ2n) is 3.62. The van der Waals surface area contributed by atoms with Crippen molar-refractivity contribution in [2.45, 2.75) is 20.4 Å². The molecule has 0 saturated carbocycles. The van der Waals surface area contributed by atoms with Gasteiger partial charge in [0.15, 0.2) is 5.82 Å². The monoisotopic (exact) mass is 280 g/mol. The van der Waals surface area contributed by atoms with Gasteiger partial charge in [0.25, 0.3) is 0 Å². The summed E-state index contributed by atoms with van der Waals surface area (Å²) in [7, 11) is 0. The van der Waals surface area contributed by atoms with Crippen LogP contribution in [0, 0.1) is 13.8 Å². The molecule has 16 heavy (non-hydrogen) atoms. The van der Waals surface area contributed by atoms with Crippen LogP contribution in [0.5, 0.6) is 0 Å². The molecule has 4 nitrogen and oxygen atoms in total. The van der Waals surface area contributed by atoms with E-state index in [1.54, 1.807) is 6.20 Å². The van der Waals surface area contributed by atoms with Crippen molar-refractivity contribution in [2.75, 3.05) is 0 Å². The molecule has 0 radical (unpaired) electrons. The zero-order valence-electron chi connectivity index (χ0n) is 9.24. The summed E-state index contributed by atoms with van der Waals surface area (Å²) in [4.78, 5) is 4.30. The third-order valence-electron chi connectivity index (χ3n) is 2.47. The van der Waals surface area contributed by atoms with Gasteiger partial charge in [-0.1, -0.05) is 0 Å². The normalized spacial score (nSPS) is 10.8. The average Bonchev–Trinajstić information content (AvgIpc) is 2.57. The molecule has 0 aliphatic heterocycles. The van der Waals surface area contributed by atoms with Crippen LogP contribution < -0.4 is 5.73 Å². The molecule has 84 valence electrons. The van der Waals surface area contributed by atoms with E-state index in [2.05, 4.69) is 26.0 Å². The van der Waals surface area contributed by atoms with Crippen LogP contribution in [-0.4, -0.2) is 14.8 Å². The summed E-state index contributed by atoms with van der Waals surface area (Å²) in [6.07, 6.45) is 1.75. The highest BCUT2D eigenvalue weighted by Gasteiger charge is 2.10. The third kappa shape index (κ3) is 1.88. The number of aromatic nitrogens is 3. The van der Waals surface area contributed by atoms with Crippen LogP contribution in [0.4, 0.5) is 0 Å². The van der Waals surface area contributed by atoms with Crippen molar-refractivity contribution in [3.63, 3.8) is 0 Å². The minimum Gasteiger partial charge on any atom is -0.326 e. The lowest BCUT2D eigenvalue weighted by Gasteiger charge is -2.04. The first-order valence-corrected chi connectivity index (χ1v) is 5.80. The van der Waals surface area contributed by atoms with E-state index in [1.807, 2.05) is 30.7 Å². The van der Waals surface area contributed by atoms with Crippen LogP contribution in [0.25, 0.3) is 5.82 Å². The van der Waals surface area contributed by atoms with E-state index >= 15 is 0 Å². The molecule has 5 heteroatoms. The number of hydrogen-bond acceptors (Lipinski definition) is 3. The molecule has 0 bridgehead atoms. The van der Waals surface area contributed by atoms with Gasteiger partial charge in [0.1, 0.15) is 0 Å². The lowest BCUT2D eigenvalue weighted by molar-refractivity contribution is 0.802. The SMILES string of the molecule is Cc1nn(-c2cc(CN)ccn2)c(C)c1Br. The summed E-state index contributed by atoms with van der Waals surface area (Å²) in [5.41, 5.74) is 8.65. The van der Waals surface area contributed by atoms with E-state index in [9.17, 15) is 0 Å². The standard InChI is InChI=1S/C11H13BrN4/c1-7-11(12)8(2)16(15-7)10-5-9(6-13)3-4-14-10/h3-5H,6,13H2,1-2H3. The minimum absolute atomic E-state index is 0.510. The van der Waals surface area contributed by atoms with Crippen molar-refractivity contribution in [1.29, 1.82) is 0 Å². The second kappa shape index (κ2) is 4.35. The van der Waals surface area contributed by atoms with Crippen LogP contribution in [-0.2, 0) is 6.54 Å². The van der Waals surface area contributed by atoms with Gasteiger partial charge in [0.2, 0.25) is 0 Å². The molecule has 2 aromatic rings. The zero-order chi connectivity index (χ0) is 11.7. The van der Waals surface area contributed by atoms with Crippen molar-refractivity contribution in [2.24, 2.45) is 5.73 Å². The van der Waals surface area contributed by atoms with Gasteiger partial charge in [0, 0.05) is 12.7 Å². The molecular weight excluding hydrogens is 268 g/mol. The van der Waals surface area contributed by atoms with Crippen molar-refractivity contribution in [3.8, 4) is 5.82 Å². The number of nitrogens with zero attached hydrogens (tertiary/aromatic N) is 3. The first-order chi connectivity index (χ1) is 7.63. The topological polar surface area (TPSA) is 56.7 Å². The van der Waals surface area contributed by atoms with Gasteiger partial charge >= 0.3 is 0 Å². The van der Waals surface area contributed by atoms with E-state index in [-0.39, 0.29) is 0 Å². The smallest absolute Gasteiger partial charge is 0.153 e. The highest BCUT2D eigenvalue weighted by Crippen LogP contribution is 2.22. The van der Waals surface area contributed by atoms with Crippen molar-refractivity contribution in [3.05, 3.63) is 39.8 Å². The lowest BCUT2D eigenvalue weighted by atomic mass is 10.2. The van der Waals surface area contributed by atoms with Crippen LogP contribution in [0.2, 0.25) is 0 Å². The van der Waals surface area contributed by atoms with Gasteiger partial charge in [-0.3, -0.25) is 0 Å². The molecule has 0 fully saturated rings. The molecule has 0 unspecified atom stereocenters. The van der Waals surface area contributed by atoms with Crippen LogP contribution in [0.1, 0.15) is 17.0 Å². The first kappa shape index (κ1) is 11.3. The number of hydrogen-bond donors (Lipinski definition) is 1. The highest BCUT2D eigenvalue weighted by molar-refractivity contribution is 9.10. The molecule has 0 aliphatic carbocycles. The van der Waals surface area contributed by atoms with Crippen molar-refractivity contribution >= 4 is 15.9 Å². The first-order valence-electron chi connectivity index (χ1n) is 5.00. The Hall–Kier alpha value is -1.20. The Kier molecular flexibility index (Phi) is 3.07. The maximum atomic E-state index is 5.60. The summed E-state index contributed by atoms with van der Waals surface area (Å²) in [5, 5.41) is 4.42. The van der Waals surface area contributed by atoms with Crippen LogP contribution in [0.3, 0.4) is 0 Å². The predicted molar refractivity (Wildman–Crippen MR) is 66.4 cm³/mol. The predicted octanol–water partition coefficient (Wildman–Crippen LogP) is 2.11. The van der Waals surface area contributed by atoms with E-state index in [0.717, 1.165) is 27.2 Å². The van der Waals surface area contributed by atoms with Crippen LogP contribution in [0.15, 0.2) is 22.8 Å². The van der Waals surface area contributed by atoms with Crippen molar-refractivity contribution < 1.29 is 0 Å². The molecule has 0 aliphatic rings. The molecule has 2 aromatic heterocycles. The molecule has 2 N–H and O–H groups in total. The Morgan fingerprint density at radius 2 is 2.19 bits per heavy atom. The number of halogens is 1. The van der Waals surface area contributed by atoms with Gasteiger partial charge in [-0.25, -0.2) is 9.67 Å². The second-order valence-corrected chi connectivity index (χ2v) is 4.42. The fraction of sp³-hybridized carbons (Fsp3) is 0.273. The molecule has 2 rings (SSSR count). The van der Waals surface area contributed by atoms with Crippen molar-refractivity contribution in [1.82, 2.24) is 14.8 Å². The van der Waals surface area contributed by atoms with E-state index in [1.165, 1.54) is 0 Å². The number of nitrogens with two attached hydrogens (primary N) is 1. The van der Waals surface area contributed by atoms with Gasteiger partial charge < -0.3 is 5.73 Å². The van der Waals surface area contributed by atoms with E-state index in [4.69, 9.17) is 5.73 Å². The summed E-state index contributed by atoms with van der Waals surface area (Å²) < 4.78 is 2.84. The Morgan fingerprint density at radius 3 is 2.75 bits per heavy atom. The molecule has 0 spiro atoms. The Labute approximate surface area is 103 Å². The maximum Gasteiger partial charge on any atom is 0.153 e. The van der Waals surface area contributed by atoms with E-state index < -0.39 is 0 Å². The van der Waals surface area contributed by atoms with Gasteiger partial charge in [-0.05, 0) is 47.5 Å². The lowest BCUT2D eigenvalue weighted by Crippen LogP contribution is -2.04. The van der Waals surface area contributed by atoms with E-state index in [0.29, 0.717) is 6.54 Å². The number of rotatable bonds is 2. The minimum atomic E-state index is 0.510. The molecule has 0 aromatic carbocycles. The summed E-state index contributed by atoms with van der Waals surface area (Å²) in [5.74, 6) is 0.800. The van der Waals surface area contributed by atoms with Gasteiger partial charge in [-0.15, -0.1) is 0 Å². The fourth-order valence-corrected chi connectivity index (χ4v) is 1.80. The quantitative estimate of drug-likeness (QED) is 0.917. The van der Waals surface area contributed by atoms with Gasteiger partial charge in [0.05, 0.1) is 15.9 Å². The molecule has 2 heterocycles. The molecule has 0 amide bonds. The average molecular weight is 281 g/mol. The van der Waals surface area contributed by atoms with Crippen LogP contribution >= 0.6 is 15.9 Å². The Balaban J connectivity index is 2.54. The summed E-state index contributed by atoms with van der Waals surface area (Å²) in [6, 6.07) is 3.86. The molecule has 0 saturated heterocycles. The maximum absolute atomic E-state index is 5.60. The highest BCUT2D eigenvalue weighted by atomic mass is 79.9. The zero-order valence-corrected chi connectivity index (χ0v) is 10.8. The Morgan fingerprint density at radius 1 is 1.44 bits per heavy atom. The largest absolute Gasteiger partial charge is 0.326 e. The molecular formula is C11H13BrN4. The van der Waals surface area contributed by atoms with Gasteiger partial charge in [-0.2, -0.15) is 5.10 Å². The molecule has 0 atom stereocenters. The number of aryl methyl sites for hydroxylation is 1. The summed E-state index contributed by atoms with van der Waals surface area (Å²) >= 11 is 3.50.